The zero-order chi connectivity index (χ0) is 13.8. The molecule has 2 aromatic rings. The second-order valence-corrected chi connectivity index (χ2v) is 6.60. The molecule has 0 aliphatic rings. The summed E-state index contributed by atoms with van der Waals surface area (Å²) in [6.45, 7) is 5.04. The molecule has 0 saturated carbocycles. The Morgan fingerprint density at radius 3 is 2.68 bits per heavy atom. The van der Waals surface area contributed by atoms with Crippen LogP contribution in [0.5, 0.6) is 0 Å². The van der Waals surface area contributed by atoms with Crippen molar-refractivity contribution in [2.45, 2.75) is 26.4 Å². The fraction of sp³-hybridized carbons (Fsp3) is 0.333. The molecule has 2 rings (SSSR count). The molecule has 19 heavy (non-hydrogen) atoms. The van der Waals surface area contributed by atoms with E-state index in [4.69, 9.17) is 0 Å². The highest BCUT2D eigenvalue weighted by Gasteiger charge is 2.16. The van der Waals surface area contributed by atoms with Crippen molar-refractivity contribution < 1.29 is 4.39 Å². The first-order chi connectivity index (χ1) is 9.09. The molecule has 0 spiro atoms. The Morgan fingerprint density at radius 1 is 1.26 bits per heavy atom. The minimum atomic E-state index is -0.212. The van der Waals surface area contributed by atoms with Gasteiger partial charge in [0.1, 0.15) is 5.82 Å². The lowest BCUT2D eigenvalue weighted by Crippen LogP contribution is -2.24. The first kappa shape index (κ1) is 14.7. The van der Waals surface area contributed by atoms with Crippen molar-refractivity contribution in [1.29, 1.82) is 0 Å². The van der Waals surface area contributed by atoms with E-state index < -0.39 is 0 Å². The van der Waals surface area contributed by atoms with Gasteiger partial charge in [-0.3, -0.25) is 0 Å². The lowest BCUT2D eigenvalue weighted by molar-refractivity contribution is 0.415. The minimum absolute atomic E-state index is 0.212. The van der Waals surface area contributed by atoms with Crippen LogP contribution in [-0.2, 0) is 6.54 Å². The van der Waals surface area contributed by atoms with E-state index in [0.717, 1.165) is 5.56 Å². The average Bonchev–Trinajstić information content (AvgIpc) is 2.88. The highest BCUT2D eigenvalue weighted by atomic mass is 79.9. The molecule has 1 heterocycles. The maximum atomic E-state index is 13.5. The fourth-order valence-electron chi connectivity index (χ4n) is 2.04. The molecule has 0 aliphatic carbocycles. The van der Waals surface area contributed by atoms with Gasteiger partial charge in [-0.05, 0) is 44.9 Å². The molecule has 1 atom stereocenters. The maximum absolute atomic E-state index is 13.5. The lowest BCUT2D eigenvalue weighted by atomic mass is 10.0. The third-order valence-corrected chi connectivity index (χ3v) is 4.90. The van der Waals surface area contributed by atoms with Crippen LogP contribution in [0, 0.1) is 11.7 Å². The largest absolute Gasteiger partial charge is 0.305 e. The summed E-state index contributed by atoms with van der Waals surface area (Å²) in [5.74, 6) is 0.280. The van der Waals surface area contributed by atoms with Crippen molar-refractivity contribution in [2.75, 3.05) is 0 Å². The molecule has 0 saturated heterocycles. The molecular weight excluding hydrogens is 325 g/mol. The van der Waals surface area contributed by atoms with Gasteiger partial charge in [-0.25, -0.2) is 4.39 Å². The van der Waals surface area contributed by atoms with Gasteiger partial charge >= 0.3 is 0 Å². The van der Waals surface area contributed by atoms with E-state index in [-0.39, 0.29) is 5.82 Å². The van der Waals surface area contributed by atoms with E-state index in [1.54, 1.807) is 17.4 Å². The highest BCUT2D eigenvalue weighted by molar-refractivity contribution is 9.10. The normalized spacial score (nSPS) is 12.9. The first-order valence-electron chi connectivity index (χ1n) is 6.29. The van der Waals surface area contributed by atoms with Crippen molar-refractivity contribution in [2.24, 2.45) is 5.92 Å². The Labute approximate surface area is 126 Å². The summed E-state index contributed by atoms with van der Waals surface area (Å²) in [7, 11) is 0. The fourth-order valence-corrected chi connectivity index (χ4v) is 3.42. The zero-order valence-electron chi connectivity index (χ0n) is 11.0. The third-order valence-electron chi connectivity index (χ3n) is 3.06. The second kappa shape index (κ2) is 6.64. The molecular formula is C15H17BrFNS. The number of rotatable bonds is 5. The van der Waals surface area contributed by atoms with Gasteiger partial charge in [-0.15, -0.1) is 11.3 Å². The third kappa shape index (κ3) is 3.65. The van der Waals surface area contributed by atoms with E-state index in [0.29, 0.717) is 23.0 Å². The first-order valence-corrected chi connectivity index (χ1v) is 7.96. The van der Waals surface area contributed by atoms with Crippen LogP contribution in [0.2, 0.25) is 0 Å². The summed E-state index contributed by atoms with van der Waals surface area (Å²) in [4.78, 5) is 1.32. The summed E-state index contributed by atoms with van der Waals surface area (Å²) >= 11 is 5.06. The molecule has 1 aromatic heterocycles. The molecule has 1 N–H and O–H groups in total. The molecule has 0 aliphatic heterocycles. The Hall–Kier alpha value is -0.710. The van der Waals surface area contributed by atoms with Crippen LogP contribution in [0.25, 0.3) is 0 Å². The Kier molecular flexibility index (Phi) is 5.13. The predicted octanol–water partition coefficient (Wildman–Crippen LogP) is 5.14. The summed E-state index contributed by atoms with van der Waals surface area (Å²) < 4.78 is 14.0. The SMILES string of the molecule is CC(C)C(NCc1cccc(F)c1Br)c1cccs1. The smallest absolute Gasteiger partial charge is 0.137 e. The summed E-state index contributed by atoms with van der Waals surface area (Å²) in [5, 5.41) is 5.61. The average molecular weight is 342 g/mol. The van der Waals surface area contributed by atoms with E-state index in [9.17, 15) is 4.39 Å². The van der Waals surface area contributed by atoms with Gasteiger partial charge in [0.15, 0.2) is 0 Å². The number of thiophene rings is 1. The maximum Gasteiger partial charge on any atom is 0.137 e. The standard InChI is InChI=1S/C15H17BrFNS/c1-10(2)15(13-7-4-8-19-13)18-9-11-5-3-6-12(17)14(11)16/h3-8,10,15,18H,9H2,1-2H3. The van der Waals surface area contributed by atoms with Crippen LogP contribution >= 0.6 is 27.3 Å². The van der Waals surface area contributed by atoms with Crippen LogP contribution in [-0.4, -0.2) is 0 Å². The van der Waals surface area contributed by atoms with Crippen LogP contribution in [0.15, 0.2) is 40.2 Å². The van der Waals surface area contributed by atoms with E-state index in [1.807, 2.05) is 6.07 Å². The number of nitrogens with one attached hydrogen (secondary N) is 1. The van der Waals surface area contributed by atoms with E-state index >= 15 is 0 Å². The monoisotopic (exact) mass is 341 g/mol. The van der Waals surface area contributed by atoms with Crippen molar-refractivity contribution in [3.63, 3.8) is 0 Å². The van der Waals surface area contributed by atoms with Gasteiger partial charge in [0.2, 0.25) is 0 Å². The van der Waals surface area contributed by atoms with Crippen molar-refractivity contribution >= 4 is 27.3 Å². The number of hydrogen-bond donors (Lipinski definition) is 1. The molecule has 0 fully saturated rings. The summed E-state index contributed by atoms with van der Waals surface area (Å²) in [6.07, 6.45) is 0. The van der Waals surface area contributed by atoms with Crippen molar-refractivity contribution in [3.8, 4) is 0 Å². The topological polar surface area (TPSA) is 12.0 Å². The summed E-state index contributed by atoms with van der Waals surface area (Å²) in [5.41, 5.74) is 0.946. The van der Waals surface area contributed by atoms with Crippen LogP contribution < -0.4 is 5.32 Å². The molecule has 0 amide bonds. The molecule has 0 bridgehead atoms. The second-order valence-electron chi connectivity index (χ2n) is 4.83. The predicted molar refractivity (Wildman–Crippen MR) is 82.8 cm³/mol. The minimum Gasteiger partial charge on any atom is -0.305 e. The van der Waals surface area contributed by atoms with E-state index in [1.165, 1.54) is 10.9 Å². The van der Waals surface area contributed by atoms with Gasteiger partial charge in [0, 0.05) is 17.5 Å². The van der Waals surface area contributed by atoms with Gasteiger partial charge < -0.3 is 5.32 Å². The Balaban J connectivity index is 2.09. The Morgan fingerprint density at radius 2 is 2.05 bits per heavy atom. The molecule has 0 radical (unpaired) electrons. The molecule has 102 valence electrons. The molecule has 1 aromatic carbocycles. The number of halogens is 2. The zero-order valence-corrected chi connectivity index (χ0v) is 13.4. The Bertz CT molecular complexity index is 525. The van der Waals surface area contributed by atoms with Gasteiger partial charge in [-0.2, -0.15) is 0 Å². The lowest BCUT2D eigenvalue weighted by Gasteiger charge is -2.21. The highest BCUT2D eigenvalue weighted by Crippen LogP contribution is 2.27. The van der Waals surface area contributed by atoms with E-state index in [2.05, 4.69) is 52.6 Å². The quantitative estimate of drug-likeness (QED) is 0.794. The molecule has 1 unspecified atom stereocenters. The van der Waals surface area contributed by atoms with Crippen LogP contribution in [0.1, 0.15) is 30.3 Å². The van der Waals surface area contributed by atoms with Crippen molar-refractivity contribution in [1.82, 2.24) is 5.32 Å². The van der Waals surface area contributed by atoms with Crippen LogP contribution in [0.3, 0.4) is 0 Å². The van der Waals surface area contributed by atoms with Crippen LogP contribution in [0.4, 0.5) is 4.39 Å². The van der Waals surface area contributed by atoms with Gasteiger partial charge in [0.25, 0.3) is 0 Å². The van der Waals surface area contributed by atoms with Gasteiger partial charge in [0.05, 0.1) is 4.47 Å². The summed E-state index contributed by atoms with van der Waals surface area (Å²) in [6, 6.07) is 9.65. The van der Waals surface area contributed by atoms with Crippen molar-refractivity contribution in [3.05, 3.63) is 56.4 Å². The molecule has 1 nitrogen and oxygen atoms in total. The molecule has 4 heteroatoms. The number of benzene rings is 1. The van der Waals surface area contributed by atoms with Gasteiger partial charge in [-0.1, -0.05) is 32.0 Å². The number of hydrogen-bond acceptors (Lipinski definition) is 2.